The number of nitrogens with zero attached hydrogens (tertiary/aromatic N) is 3. The van der Waals surface area contributed by atoms with Gasteiger partial charge in [-0.25, -0.2) is 17.6 Å². The number of carbonyl (C=O) groups is 1. The Morgan fingerprint density at radius 1 is 0.658 bits per heavy atom. The fourth-order valence-corrected chi connectivity index (χ4v) is 2.85. The minimum absolute atomic E-state index is 0. The molecule has 38 heavy (non-hydrogen) atoms. The molecule has 0 aliphatic carbocycles. The zero-order chi connectivity index (χ0) is 26.6. The third kappa shape index (κ3) is 8.99. The Labute approximate surface area is 229 Å². The summed E-state index contributed by atoms with van der Waals surface area (Å²) in [6.45, 7) is 0. The van der Waals surface area contributed by atoms with Gasteiger partial charge < -0.3 is 19.9 Å². The van der Waals surface area contributed by atoms with E-state index in [0.717, 1.165) is 12.1 Å². The van der Waals surface area contributed by atoms with Gasteiger partial charge in [-0.15, -0.1) is 35.4 Å². The number of aromatic nitrogens is 3. The van der Waals surface area contributed by atoms with E-state index in [1.165, 1.54) is 36.5 Å². The van der Waals surface area contributed by atoms with Crippen LogP contribution in [0.15, 0.2) is 97.5 Å². The smallest absolute Gasteiger partial charge is 0.543 e. The van der Waals surface area contributed by atoms with Gasteiger partial charge in [0.05, 0.1) is 23.3 Å². The number of hydrogen-bond donors (Lipinski definition) is 0. The van der Waals surface area contributed by atoms with Crippen LogP contribution in [0, 0.1) is 35.7 Å². The van der Waals surface area contributed by atoms with Crippen molar-refractivity contribution in [2.75, 3.05) is 0 Å². The number of benzene rings is 2. The summed E-state index contributed by atoms with van der Waals surface area (Å²) in [5.74, 6) is -3.62. The summed E-state index contributed by atoms with van der Waals surface area (Å²) in [6.07, 6.45) is 9.77. The number of carboxylic acids is 1. The van der Waals surface area contributed by atoms with Gasteiger partial charge in [-0.05, 0) is 36.7 Å². The molecule has 5 aromatic rings. The average molecular weight is 695 g/mol. The number of halogens is 4. The quantitative estimate of drug-likeness (QED) is 0.194. The number of carbonyl (C=O) groups excluding carboxylic acids is 1. The molecule has 0 spiro atoms. The van der Waals surface area contributed by atoms with Gasteiger partial charge in [-0.2, -0.15) is 0 Å². The molecule has 2 aromatic carbocycles. The topological polar surface area (TPSA) is 78.8 Å². The van der Waals surface area contributed by atoms with Crippen molar-refractivity contribution in [1.82, 2.24) is 15.0 Å². The monoisotopic (exact) mass is 695 g/mol. The number of aromatic carboxylic acids is 1. The maximum absolute atomic E-state index is 13.2. The maximum atomic E-state index is 13.2. The van der Waals surface area contributed by atoms with E-state index in [-0.39, 0.29) is 25.8 Å². The Kier molecular flexibility index (Phi) is 11.9. The Morgan fingerprint density at radius 3 is 1.47 bits per heavy atom. The van der Waals surface area contributed by atoms with Crippen LogP contribution in [-0.2, 0) is 20.1 Å². The van der Waals surface area contributed by atoms with E-state index in [0.29, 0.717) is 22.3 Å². The summed E-state index contributed by atoms with van der Waals surface area (Å²) in [5, 5.41) is 10.0. The molecule has 0 N–H and O–H groups in total. The summed E-state index contributed by atoms with van der Waals surface area (Å²) < 4.78 is 51.7. The molecule has 0 bridgehead atoms. The van der Waals surface area contributed by atoms with Crippen molar-refractivity contribution < 1.29 is 47.6 Å². The van der Waals surface area contributed by atoms with E-state index in [1.54, 1.807) is 48.8 Å². The van der Waals surface area contributed by atoms with Crippen LogP contribution in [0.5, 0.6) is 0 Å². The molecule has 5 rings (SSSR count). The predicted octanol–water partition coefficient (Wildman–Crippen LogP) is 5.10. The van der Waals surface area contributed by atoms with Crippen LogP contribution in [0.4, 0.5) is 17.6 Å². The summed E-state index contributed by atoms with van der Waals surface area (Å²) in [6, 6.07) is 18.2. The molecular weight excluding hydrogens is 679 g/mol. The maximum Gasteiger partial charge on any atom is 3.00 e. The van der Waals surface area contributed by atoms with Gasteiger partial charge in [0.15, 0.2) is 0 Å². The fraction of sp³-hybridized carbons (Fsp3) is 0. The van der Waals surface area contributed by atoms with E-state index in [9.17, 15) is 27.5 Å². The van der Waals surface area contributed by atoms with Gasteiger partial charge in [0.2, 0.25) is 0 Å². The van der Waals surface area contributed by atoms with Crippen molar-refractivity contribution in [1.29, 1.82) is 0 Å². The molecule has 0 unspecified atom stereocenters. The van der Waals surface area contributed by atoms with Crippen LogP contribution in [0.3, 0.4) is 0 Å². The second kappa shape index (κ2) is 15.1. The van der Waals surface area contributed by atoms with Crippen molar-refractivity contribution in [3.63, 3.8) is 0 Å². The molecule has 10 heteroatoms. The van der Waals surface area contributed by atoms with Gasteiger partial charge in [-0.3, -0.25) is 4.98 Å². The van der Waals surface area contributed by atoms with Crippen LogP contribution in [0.2, 0.25) is 0 Å². The summed E-state index contributed by atoms with van der Waals surface area (Å²) in [4.78, 5) is 21.0. The molecule has 0 saturated heterocycles. The molecule has 0 radical (unpaired) electrons. The van der Waals surface area contributed by atoms with Gasteiger partial charge in [0.25, 0.3) is 0 Å². The first-order valence-corrected chi connectivity index (χ1v) is 10.5. The fourth-order valence-electron chi connectivity index (χ4n) is 2.85. The first kappa shape index (κ1) is 30.0. The van der Waals surface area contributed by atoms with E-state index < -0.39 is 29.2 Å². The van der Waals surface area contributed by atoms with Crippen LogP contribution in [0.1, 0.15) is 10.5 Å². The Balaban J connectivity index is 0.000000203. The van der Waals surface area contributed by atoms with E-state index in [2.05, 4.69) is 27.3 Å². The number of carboxylic acid groups (broad SMARTS) is 1. The molecular formula is C28H16F4IrN3O2. The molecule has 5 nitrogen and oxygen atoms in total. The first-order valence-electron chi connectivity index (χ1n) is 10.5. The predicted molar refractivity (Wildman–Crippen MR) is 125 cm³/mol. The molecule has 0 aliphatic heterocycles. The molecule has 0 aliphatic rings. The van der Waals surface area contributed by atoms with Crippen molar-refractivity contribution in [2.24, 2.45) is 0 Å². The van der Waals surface area contributed by atoms with E-state index in [1.807, 2.05) is 0 Å². The van der Waals surface area contributed by atoms with Crippen LogP contribution in [0.25, 0.3) is 22.3 Å². The van der Waals surface area contributed by atoms with Crippen molar-refractivity contribution in [3.05, 3.63) is 139 Å². The Hall–Kier alpha value is -4.27. The standard InChI is InChI=1S/2C11H6F2N.C6H5NO2.Ir/c2*12-9-3-4-10(11(13)6-9)8-2-1-5-14-7-8;8-6(9)5-3-1-2-4-7-5;/h2*1-6H;1-4H,(H,8,9);/q2*-1;;+3/p-1. The summed E-state index contributed by atoms with van der Waals surface area (Å²) >= 11 is 0. The second-order valence-corrected chi connectivity index (χ2v) is 7.08. The largest absolute Gasteiger partial charge is 3.00 e. The Morgan fingerprint density at radius 2 is 1.16 bits per heavy atom. The van der Waals surface area contributed by atoms with Gasteiger partial charge in [-0.1, -0.05) is 41.7 Å². The third-order valence-corrected chi connectivity index (χ3v) is 4.53. The van der Waals surface area contributed by atoms with Crippen LogP contribution in [-0.4, -0.2) is 20.9 Å². The second-order valence-electron chi connectivity index (χ2n) is 7.08. The molecule has 0 saturated carbocycles. The third-order valence-electron chi connectivity index (χ3n) is 4.53. The summed E-state index contributed by atoms with van der Waals surface area (Å²) in [5.41, 5.74) is 1.62. The number of hydrogen-bond acceptors (Lipinski definition) is 5. The van der Waals surface area contributed by atoms with Gasteiger partial charge in [0, 0.05) is 18.3 Å². The van der Waals surface area contributed by atoms with E-state index in [4.69, 9.17) is 0 Å². The minimum Gasteiger partial charge on any atom is -0.543 e. The molecule has 0 atom stereocenters. The van der Waals surface area contributed by atoms with Crippen LogP contribution < -0.4 is 5.11 Å². The number of pyridine rings is 3. The van der Waals surface area contributed by atoms with Crippen molar-refractivity contribution >= 4 is 5.97 Å². The zero-order valence-corrected chi connectivity index (χ0v) is 21.6. The van der Waals surface area contributed by atoms with Crippen molar-refractivity contribution in [2.45, 2.75) is 0 Å². The molecule has 3 aromatic heterocycles. The SMILES string of the molecule is Fc1ccc(-c2[c-]nccc2)c(F)c1.Fc1ccc(-c2[c-]nccc2)c(F)c1.O=C([O-])c1ccccn1.[Ir+3]. The van der Waals surface area contributed by atoms with Crippen LogP contribution >= 0.6 is 0 Å². The average Bonchev–Trinajstić information content (AvgIpc) is 2.91. The molecule has 0 amide bonds. The molecule has 192 valence electrons. The van der Waals surface area contributed by atoms with Gasteiger partial charge >= 0.3 is 20.1 Å². The van der Waals surface area contributed by atoms with E-state index >= 15 is 0 Å². The molecule has 3 heterocycles. The van der Waals surface area contributed by atoms with Gasteiger partial charge in [0.1, 0.15) is 11.6 Å². The zero-order valence-electron chi connectivity index (χ0n) is 19.2. The minimum atomic E-state index is -1.24. The normalized spacial score (nSPS) is 9.58. The van der Waals surface area contributed by atoms with Crippen molar-refractivity contribution in [3.8, 4) is 22.3 Å². The first-order chi connectivity index (χ1) is 17.8. The molecule has 0 fully saturated rings. The summed E-state index contributed by atoms with van der Waals surface area (Å²) in [7, 11) is 0. The Bertz CT molecular complexity index is 1360. The number of rotatable bonds is 3.